The molecule has 0 radical (unpaired) electrons. The van der Waals surface area contributed by atoms with Gasteiger partial charge in [-0.2, -0.15) is 0 Å². The molecule has 0 saturated carbocycles. The maximum atomic E-state index is 12.1. The van der Waals surface area contributed by atoms with Crippen molar-refractivity contribution in [3.63, 3.8) is 0 Å². The van der Waals surface area contributed by atoms with Crippen molar-refractivity contribution in [2.24, 2.45) is 0 Å². The van der Waals surface area contributed by atoms with Crippen LogP contribution in [0.3, 0.4) is 0 Å². The molecule has 1 atom stereocenters. The standard InChI is InChI=1S/C14H11ClO2S/c1-9(14(15)17)11-7-8-12(18-11)13(16)10-5-3-2-4-6-10/h2-9H,1H3. The molecule has 1 unspecified atom stereocenters. The van der Waals surface area contributed by atoms with Crippen LogP contribution in [0.15, 0.2) is 42.5 Å². The zero-order chi connectivity index (χ0) is 13.1. The quantitative estimate of drug-likeness (QED) is 0.629. The van der Waals surface area contributed by atoms with Gasteiger partial charge in [0, 0.05) is 10.4 Å². The largest absolute Gasteiger partial charge is 0.288 e. The van der Waals surface area contributed by atoms with E-state index in [9.17, 15) is 9.59 Å². The molecule has 4 heteroatoms. The minimum atomic E-state index is -0.407. The molecule has 2 aromatic rings. The summed E-state index contributed by atoms with van der Waals surface area (Å²) in [5.41, 5.74) is 0.649. The number of hydrogen-bond acceptors (Lipinski definition) is 3. The number of rotatable bonds is 4. The number of carbonyl (C=O) groups is 2. The molecule has 2 nitrogen and oxygen atoms in total. The first kappa shape index (κ1) is 13.0. The van der Waals surface area contributed by atoms with Gasteiger partial charge in [0.15, 0.2) is 0 Å². The molecule has 1 heterocycles. The maximum absolute atomic E-state index is 12.1. The molecule has 18 heavy (non-hydrogen) atoms. The van der Waals surface area contributed by atoms with Gasteiger partial charge in [-0.05, 0) is 30.7 Å². The first-order chi connectivity index (χ1) is 8.59. The number of halogens is 1. The van der Waals surface area contributed by atoms with Gasteiger partial charge >= 0.3 is 0 Å². The van der Waals surface area contributed by atoms with Crippen LogP contribution < -0.4 is 0 Å². The second kappa shape index (κ2) is 5.46. The Kier molecular flexibility index (Phi) is 3.94. The molecular weight excluding hydrogens is 268 g/mol. The fraction of sp³-hybridized carbons (Fsp3) is 0.143. The lowest BCUT2D eigenvalue weighted by molar-refractivity contribution is -0.112. The van der Waals surface area contributed by atoms with E-state index in [1.165, 1.54) is 11.3 Å². The summed E-state index contributed by atoms with van der Waals surface area (Å²) in [6.45, 7) is 1.73. The lowest BCUT2D eigenvalue weighted by Gasteiger charge is -2.01. The summed E-state index contributed by atoms with van der Waals surface area (Å²) in [7, 11) is 0. The third kappa shape index (κ3) is 2.68. The molecule has 2 rings (SSSR count). The summed E-state index contributed by atoms with van der Waals surface area (Å²) in [5.74, 6) is -0.393. The predicted octanol–water partition coefficient (Wildman–Crippen LogP) is 3.85. The summed E-state index contributed by atoms with van der Waals surface area (Å²) < 4.78 is 0. The maximum Gasteiger partial charge on any atom is 0.229 e. The van der Waals surface area contributed by atoms with E-state index in [0.29, 0.717) is 10.4 Å². The van der Waals surface area contributed by atoms with Crippen molar-refractivity contribution in [1.29, 1.82) is 0 Å². The Morgan fingerprint density at radius 3 is 2.39 bits per heavy atom. The summed E-state index contributed by atoms with van der Waals surface area (Å²) in [4.78, 5) is 24.7. The normalized spacial score (nSPS) is 12.1. The van der Waals surface area contributed by atoms with E-state index in [1.807, 2.05) is 18.2 Å². The smallest absolute Gasteiger partial charge is 0.229 e. The lowest BCUT2D eigenvalue weighted by atomic mass is 10.1. The molecular formula is C14H11ClO2S. The van der Waals surface area contributed by atoms with Crippen LogP contribution in [-0.2, 0) is 4.79 Å². The van der Waals surface area contributed by atoms with Crippen molar-refractivity contribution in [1.82, 2.24) is 0 Å². The Bertz CT molecular complexity index is 574. The highest BCUT2D eigenvalue weighted by molar-refractivity contribution is 7.14. The van der Waals surface area contributed by atoms with Crippen molar-refractivity contribution >= 4 is 34.0 Å². The fourth-order valence-electron chi connectivity index (χ4n) is 1.55. The van der Waals surface area contributed by atoms with Crippen LogP contribution in [0, 0.1) is 0 Å². The Balaban J connectivity index is 2.26. The summed E-state index contributed by atoms with van der Waals surface area (Å²) in [5, 5.41) is -0.407. The molecule has 1 aromatic heterocycles. The van der Waals surface area contributed by atoms with Gasteiger partial charge in [0.25, 0.3) is 0 Å². The van der Waals surface area contributed by atoms with Gasteiger partial charge < -0.3 is 0 Å². The Morgan fingerprint density at radius 1 is 1.11 bits per heavy atom. The first-order valence-electron chi connectivity index (χ1n) is 5.48. The summed E-state index contributed by atoms with van der Waals surface area (Å²) >= 11 is 6.77. The van der Waals surface area contributed by atoms with Crippen LogP contribution in [0.4, 0.5) is 0 Å². The molecule has 0 amide bonds. The molecule has 0 N–H and O–H groups in total. The summed E-state index contributed by atoms with van der Waals surface area (Å²) in [6.07, 6.45) is 0. The SMILES string of the molecule is CC(C(=O)Cl)c1ccc(C(=O)c2ccccc2)s1. The number of thiophene rings is 1. The van der Waals surface area contributed by atoms with Gasteiger partial charge in [0.05, 0.1) is 10.8 Å². The van der Waals surface area contributed by atoms with Gasteiger partial charge in [-0.15, -0.1) is 11.3 Å². The third-order valence-corrected chi connectivity index (χ3v) is 4.25. The molecule has 0 bridgehead atoms. The van der Waals surface area contributed by atoms with E-state index in [0.717, 1.165) is 4.88 Å². The van der Waals surface area contributed by atoms with Crippen LogP contribution in [-0.4, -0.2) is 11.0 Å². The highest BCUT2D eigenvalue weighted by Crippen LogP contribution is 2.27. The average Bonchev–Trinajstić information content (AvgIpc) is 2.87. The third-order valence-electron chi connectivity index (χ3n) is 2.65. The summed E-state index contributed by atoms with van der Waals surface area (Å²) in [6, 6.07) is 12.6. The number of hydrogen-bond donors (Lipinski definition) is 0. The van der Waals surface area contributed by atoms with Crippen molar-refractivity contribution in [2.75, 3.05) is 0 Å². The van der Waals surface area contributed by atoms with Crippen LogP contribution in [0.2, 0.25) is 0 Å². The second-order valence-corrected chi connectivity index (χ2v) is 5.41. The molecule has 0 aliphatic carbocycles. The van der Waals surface area contributed by atoms with E-state index in [2.05, 4.69) is 0 Å². The molecule has 0 saturated heterocycles. The highest BCUT2D eigenvalue weighted by Gasteiger charge is 2.18. The van der Waals surface area contributed by atoms with Crippen molar-refractivity contribution in [3.05, 3.63) is 57.8 Å². The zero-order valence-corrected chi connectivity index (χ0v) is 11.3. The van der Waals surface area contributed by atoms with Crippen LogP contribution >= 0.6 is 22.9 Å². The van der Waals surface area contributed by atoms with Gasteiger partial charge in [0.2, 0.25) is 11.0 Å². The second-order valence-electron chi connectivity index (χ2n) is 3.92. The molecule has 0 fully saturated rings. The van der Waals surface area contributed by atoms with Gasteiger partial charge in [-0.1, -0.05) is 30.3 Å². The zero-order valence-electron chi connectivity index (χ0n) is 9.72. The molecule has 0 aliphatic rings. The average molecular weight is 279 g/mol. The van der Waals surface area contributed by atoms with E-state index in [-0.39, 0.29) is 11.7 Å². The van der Waals surface area contributed by atoms with Crippen molar-refractivity contribution in [2.45, 2.75) is 12.8 Å². The van der Waals surface area contributed by atoms with Gasteiger partial charge in [-0.3, -0.25) is 9.59 Å². The molecule has 0 aliphatic heterocycles. The van der Waals surface area contributed by atoms with Crippen molar-refractivity contribution in [3.8, 4) is 0 Å². The van der Waals surface area contributed by atoms with E-state index in [1.54, 1.807) is 31.2 Å². The predicted molar refractivity (Wildman–Crippen MR) is 73.5 cm³/mol. The van der Waals surface area contributed by atoms with Crippen LogP contribution in [0.1, 0.15) is 33.0 Å². The molecule has 92 valence electrons. The number of carbonyl (C=O) groups excluding carboxylic acids is 2. The monoisotopic (exact) mass is 278 g/mol. The highest BCUT2D eigenvalue weighted by atomic mass is 35.5. The fourth-order valence-corrected chi connectivity index (χ4v) is 2.75. The lowest BCUT2D eigenvalue weighted by Crippen LogP contribution is -1.99. The van der Waals surface area contributed by atoms with Gasteiger partial charge in [-0.25, -0.2) is 0 Å². The van der Waals surface area contributed by atoms with Gasteiger partial charge in [0.1, 0.15) is 0 Å². The van der Waals surface area contributed by atoms with Crippen LogP contribution in [0.5, 0.6) is 0 Å². The Hall–Kier alpha value is -1.45. The molecule has 0 spiro atoms. The minimum absolute atomic E-state index is 0.0268. The topological polar surface area (TPSA) is 34.1 Å². The van der Waals surface area contributed by atoms with E-state index >= 15 is 0 Å². The minimum Gasteiger partial charge on any atom is -0.288 e. The molecule has 1 aromatic carbocycles. The van der Waals surface area contributed by atoms with Crippen molar-refractivity contribution < 1.29 is 9.59 Å². The first-order valence-corrected chi connectivity index (χ1v) is 6.68. The Labute approximate surface area is 114 Å². The number of benzene rings is 1. The van der Waals surface area contributed by atoms with E-state index in [4.69, 9.17) is 11.6 Å². The number of ketones is 1. The van der Waals surface area contributed by atoms with E-state index < -0.39 is 5.24 Å². The Morgan fingerprint density at radius 2 is 1.78 bits per heavy atom. The van der Waals surface area contributed by atoms with Crippen LogP contribution in [0.25, 0.3) is 0 Å².